The normalized spacial score (nSPS) is 19.2. The maximum atomic E-state index is 11.7. The molecule has 0 bridgehead atoms. The summed E-state index contributed by atoms with van der Waals surface area (Å²) in [5, 5.41) is 6.35. The summed E-state index contributed by atoms with van der Waals surface area (Å²) in [6, 6.07) is 8.59. The van der Waals surface area contributed by atoms with Crippen molar-refractivity contribution in [2.75, 3.05) is 13.1 Å². The molecule has 1 amide bonds. The van der Waals surface area contributed by atoms with Crippen LogP contribution in [0.15, 0.2) is 24.3 Å². The predicted molar refractivity (Wildman–Crippen MR) is 68.9 cm³/mol. The lowest BCUT2D eigenvalue weighted by Crippen LogP contribution is -2.37. The van der Waals surface area contributed by atoms with E-state index in [4.69, 9.17) is 0 Å². The highest BCUT2D eigenvalue weighted by Crippen LogP contribution is 2.05. The summed E-state index contributed by atoms with van der Waals surface area (Å²) in [5.41, 5.74) is 2.30. The summed E-state index contributed by atoms with van der Waals surface area (Å²) in [5.74, 6) is 0.113. The number of benzene rings is 1. The van der Waals surface area contributed by atoms with Crippen molar-refractivity contribution in [2.45, 2.75) is 32.2 Å². The minimum Gasteiger partial charge on any atom is -0.354 e. The third-order valence-electron chi connectivity index (χ3n) is 3.19. The minimum atomic E-state index is 0.113. The van der Waals surface area contributed by atoms with E-state index in [1.54, 1.807) is 0 Å². The highest BCUT2D eigenvalue weighted by atomic mass is 16.1. The molecule has 2 rings (SSSR count). The number of amides is 1. The van der Waals surface area contributed by atoms with Gasteiger partial charge in [0.2, 0.25) is 5.91 Å². The molecule has 2 N–H and O–H groups in total. The van der Waals surface area contributed by atoms with Gasteiger partial charge in [0.25, 0.3) is 0 Å². The van der Waals surface area contributed by atoms with Crippen molar-refractivity contribution in [3.8, 4) is 0 Å². The average molecular weight is 232 g/mol. The number of hydrogen-bond acceptors (Lipinski definition) is 2. The maximum Gasteiger partial charge on any atom is 0.224 e. The Bertz CT molecular complexity index is 366. The SMILES string of the molecule is Cc1ccc(CC(=O)NCC2CCCN2)cc1. The van der Waals surface area contributed by atoms with Gasteiger partial charge in [-0.05, 0) is 31.9 Å². The number of hydrogen-bond donors (Lipinski definition) is 2. The van der Waals surface area contributed by atoms with Crippen LogP contribution in [-0.4, -0.2) is 25.0 Å². The molecular weight excluding hydrogens is 212 g/mol. The molecule has 3 nitrogen and oxygen atoms in total. The minimum absolute atomic E-state index is 0.113. The second-order valence-corrected chi connectivity index (χ2v) is 4.76. The van der Waals surface area contributed by atoms with E-state index < -0.39 is 0 Å². The van der Waals surface area contributed by atoms with Crippen LogP contribution in [0.25, 0.3) is 0 Å². The summed E-state index contributed by atoms with van der Waals surface area (Å²) >= 11 is 0. The number of carbonyl (C=O) groups is 1. The Hall–Kier alpha value is -1.35. The highest BCUT2D eigenvalue weighted by molar-refractivity contribution is 5.78. The second kappa shape index (κ2) is 5.82. The average Bonchev–Trinajstić information content (AvgIpc) is 2.83. The molecule has 1 aromatic carbocycles. The lowest BCUT2D eigenvalue weighted by atomic mass is 10.1. The van der Waals surface area contributed by atoms with Crippen molar-refractivity contribution >= 4 is 5.91 Å². The van der Waals surface area contributed by atoms with Gasteiger partial charge < -0.3 is 10.6 Å². The highest BCUT2D eigenvalue weighted by Gasteiger charge is 2.14. The third kappa shape index (κ3) is 3.86. The number of carbonyl (C=O) groups excluding carboxylic acids is 1. The molecular formula is C14H20N2O. The smallest absolute Gasteiger partial charge is 0.224 e. The molecule has 1 unspecified atom stereocenters. The van der Waals surface area contributed by atoms with Gasteiger partial charge in [0, 0.05) is 12.6 Å². The zero-order valence-electron chi connectivity index (χ0n) is 10.3. The molecule has 0 radical (unpaired) electrons. The van der Waals surface area contributed by atoms with Gasteiger partial charge in [-0.1, -0.05) is 29.8 Å². The molecule has 3 heteroatoms. The maximum absolute atomic E-state index is 11.7. The van der Waals surface area contributed by atoms with E-state index in [9.17, 15) is 4.79 Å². The van der Waals surface area contributed by atoms with Gasteiger partial charge in [0.1, 0.15) is 0 Å². The fraction of sp³-hybridized carbons (Fsp3) is 0.500. The summed E-state index contributed by atoms with van der Waals surface area (Å²) in [7, 11) is 0. The zero-order chi connectivity index (χ0) is 12.1. The van der Waals surface area contributed by atoms with Gasteiger partial charge >= 0.3 is 0 Å². The molecule has 1 atom stereocenters. The molecule has 0 aliphatic carbocycles. The topological polar surface area (TPSA) is 41.1 Å². The third-order valence-corrected chi connectivity index (χ3v) is 3.19. The van der Waals surface area contributed by atoms with Gasteiger partial charge in [-0.2, -0.15) is 0 Å². The van der Waals surface area contributed by atoms with Gasteiger partial charge in [0.05, 0.1) is 6.42 Å². The van der Waals surface area contributed by atoms with E-state index in [1.807, 2.05) is 24.3 Å². The second-order valence-electron chi connectivity index (χ2n) is 4.76. The Morgan fingerprint density at radius 3 is 2.82 bits per heavy atom. The van der Waals surface area contributed by atoms with Crippen LogP contribution in [0.2, 0.25) is 0 Å². The largest absolute Gasteiger partial charge is 0.354 e. The van der Waals surface area contributed by atoms with E-state index in [1.165, 1.54) is 18.4 Å². The van der Waals surface area contributed by atoms with E-state index in [0.717, 1.165) is 18.7 Å². The first-order valence-electron chi connectivity index (χ1n) is 6.29. The molecule has 0 aromatic heterocycles. The molecule has 1 aliphatic rings. The first-order valence-corrected chi connectivity index (χ1v) is 6.29. The number of rotatable bonds is 4. The fourth-order valence-corrected chi connectivity index (χ4v) is 2.12. The predicted octanol–water partition coefficient (Wildman–Crippen LogP) is 1.41. The summed E-state index contributed by atoms with van der Waals surface area (Å²) in [6.07, 6.45) is 2.87. The summed E-state index contributed by atoms with van der Waals surface area (Å²) < 4.78 is 0. The standard InChI is InChI=1S/C14H20N2O/c1-11-4-6-12(7-5-11)9-14(17)16-10-13-3-2-8-15-13/h4-7,13,15H,2-3,8-10H2,1H3,(H,16,17). The van der Waals surface area contributed by atoms with Crippen LogP contribution in [0.4, 0.5) is 0 Å². The molecule has 1 aromatic rings. The molecule has 1 saturated heterocycles. The van der Waals surface area contributed by atoms with Gasteiger partial charge in [0.15, 0.2) is 0 Å². The fourth-order valence-electron chi connectivity index (χ4n) is 2.12. The Morgan fingerprint density at radius 1 is 1.41 bits per heavy atom. The van der Waals surface area contributed by atoms with Gasteiger partial charge in [-0.25, -0.2) is 0 Å². The van der Waals surface area contributed by atoms with Crippen LogP contribution in [0.3, 0.4) is 0 Å². The van der Waals surface area contributed by atoms with Crippen molar-refractivity contribution in [2.24, 2.45) is 0 Å². The van der Waals surface area contributed by atoms with E-state index in [0.29, 0.717) is 12.5 Å². The molecule has 92 valence electrons. The zero-order valence-corrected chi connectivity index (χ0v) is 10.3. The molecule has 1 fully saturated rings. The van der Waals surface area contributed by atoms with E-state index >= 15 is 0 Å². The molecule has 1 heterocycles. The molecule has 0 saturated carbocycles. The lowest BCUT2D eigenvalue weighted by Gasteiger charge is -2.11. The van der Waals surface area contributed by atoms with Gasteiger partial charge in [-0.3, -0.25) is 4.79 Å². The first-order chi connectivity index (χ1) is 8.24. The van der Waals surface area contributed by atoms with E-state index in [2.05, 4.69) is 17.6 Å². The Morgan fingerprint density at radius 2 is 2.18 bits per heavy atom. The van der Waals surface area contributed by atoms with Crippen molar-refractivity contribution < 1.29 is 4.79 Å². The quantitative estimate of drug-likeness (QED) is 0.824. The lowest BCUT2D eigenvalue weighted by molar-refractivity contribution is -0.120. The van der Waals surface area contributed by atoms with Crippen molar-refractivity contribution in [3.63, 3.8) is 0 Å². The van der Waals surface area contributed by atoms with Crippen molar-refractivity contribution in [1.82, 2.24) is 10.6 Å². The molecule has 17 heavy (non-hydrogen) atoms. The molecule has 1 aliphatic heterocycles. The van der Waals surface area contributed by atoms with Crippen LogP contribution in [0, 0.1) is 6.92 Å². The van der Waals surface area contributed by atoms with Crippen LogP contribution >= 0.6 is 0 Å². The summed E-state index contributed by atoms with van der Waals surface area (Å²) in [4.78, 5) is 11.7. The Balaban J connectivity index is 1.74. The number of aryl methyl sites for hydroxylation is 1. The number of nitrogens with one attached hydrogen (secondary N) is 2. The Labute approximate surface area is 103 Å². The summed E-state index contributed by atoms with van der Waals surface area (Å²) in [6.45, 7) is 3.89. The van der Waals surface area contributed by atoms with E-state index in [-0.39, 0.29) is 5.91 Å². The van der Waals surface area contributed by atoms with Gasteiger partial charge in [-0.15, -0.1) is 0 Å². The van der Waals surface area contributed by atoms with Crippen LogP contribution in [-0.2, 0) is 11.2 Å². The van der Waals surface area contributed by atoms with Crippen molar-refractivity contribution in [1.29, 1.82) is 0 Å². The molecule has 0 spiro atoms. The monoisotopic (exact) mass is 232 g/mol. The van der Waals surface area contributed by atoms with Crippen molar-refractivity contribution in [3.05, 3.63) is 35.4 Å². The van der Waals surface area contributed by atoms with Crippen LogP contribution in [0.5, 0.6) is 0 Å². The van der Waals surface area contributed by atoms with Crippen LogP contribution in [0.1, 0.15) is 24.0 Å². The van der Waals surface area contributed by atoms with Crippen LogP contribution < -0.4 is 10.6 Å². The first kappa shape index (κ1) is 12.1. The Kier molecular flexibility index (Phi) is 4.15.